The molecule has 1 aromatic carbocycles. The fourth-order valence-corrected chi connectivity index (χ4v) is 7.92. The highest BCUT2D eigenvalue weighted by Crippen LogP contribution is 2.47. The zero-order chi connectivity index (χ0) is 32.3. The summed E-state index contributed by atoms with van der Waals surface area (Å²) >= 11 is 0. The maximum Gasteiger partial charge on any atom is 0.249 e. The molecule has 9 nitrogen and oxygen atoms in total. The number of benzene rings is 1. The number of para-hydroxylation sites is 1. The first kappa shape index (κ1) is 37.2. The first-order valence-electron chi connectivity index (χ1n) is 16.7. The van der Waals surface area contributed by atoms with Gasteiger partial charge in [0.2, 0.25) is 10.0 Å². The summed E-state index contributed by atoms with van der Waals surface area (Å²) in [5, 5.41) is 24.7. The zero-order valence-corrected chi connectivity index (χ0v) is 27.6. The summed E-state index contributed by atoms with van der Waals surface area (Å²) in [4.78, 5) is 14.3. The Morgan fingerprint density at radius 3 is 1.75 bits per heavy atom. The predicted octanol–water partition coefficient (Wildman–Crippen LogP) is 8.54. The molecule has 2 unspecified atom stereocenters. The fourth-order valence-electron chi connectivity index (χ4n) is 6.34. The number of azide groups is 1. The lowest BCUT2D eigenvalue weighted by Crippen LogP contribution is -2.50. The van der Waals surface area contributed by atoms with Crippen molar-refractivity contribution >= 4 is 16.1 Å². The second-order valence-electron chi connectivity index (χ2n) is 12.1. The molecule has 1 amide bonds. The van der Waals surface area contributed by atoms with Crippen LogP contribution in [0.25, 0.3) is 10.4 Å². The van der Waals surface area contributed by atoms with Gasteiger partial charge in [-0.2, -0.15) is 0 Å². The van der Waals surface area contributed by atoms with E-state index in [2.05, 4.69) is 28.6 Å². The van der Waals surface area contributed by atoms with Crippen molar-refractivity contribution in [3.8, 4) is 5.75 Å². The Balaban J connectivity index is 2.42. The van der Waals surface area contributed by atoms with Gasteiger partial charge < -0.3 is 20.3 Å². The van der Waals surface area contributed by atoms with Crippen molar-refractivity contribution in [3.05, 3.63) is 63.6 Å². The van der Waals surface area contributed by atoms with Gasteiger partial charge in [-0.1, -0.05) is 134 Å². The summed E-state index contributed by atoms with van der Waals surface area (Å²) in [7, 11) is -4.50. The number of rotatable bonds is 23. The van der Waals surface area contributed by atoms with Gasteiger partial charge in [-0.25, -0.2) is 8.42 Å². The zero-order valence-electron chi connectivity index (χ0n) is 26.8. The first-order valence-corrected chi connectivity index (χ1v) is 18.1. The highest BCUT2D eigenvalue weighted by atomic mass is 32.2. The van der Waals surface area contributed by atoms with Crippen LogP contribution in [-0.4, -0.2) is 30.4 Å². The number of nitrogens with one attached hydrogen (secondary N) is 1. The van der Waals surface area contributed by atoms with Crippen LogP contribution < -0.4 is 10.4 Å². The molecule has 2 atom stereocenters. The number of aromatic hydroxyl groups is 1. The number of phenolic OH excluding ortho intramolecular Hbond substituents is 1. The van der Waals surface area contributed by atoms with E-state index in [1.54, 1.807) is 30.4 Å². The molecule has 0 spiro atoms. The van der Waals surface area contributed by atoms with Crippen LogP contribution in [0.3, 0.4) is 0 Å². The van der Waals surface area contributed by atoms with Crippen LogP contribution in [-0.2, 0) is 16.4 Å². The molecule has 1 aromatic rings. The number of sulfonamides is 1. The van der Waals surface area contributed by atoms with Gasteiger partial charge in [0.25, 0.3) is 0 Å². The molecule has 0 aromatic heterocycles. The van der Waals surface area contributed by atoms with Crippen LogP contribution in [0.5, 0.6) is 5.75 Å². The molecular formula is C34H53N4O5S-. The average molecular weight is 630 g/mol. The lowest BCUT2D eigenvalue weighted by molar-refractivity contribution is -0.251. The van der Waals surface area contributed by atoms with Crippen molar-refractivity contribution in [3.63, 3.8) is 0 Å². The third-order valence-corrected chi connectivity index (χ3v) is 10.5. The van der Waals surface area contributed by atoms with Crippen molar-refractivity contribution in [1.29, 1.82) is 0 Å². The first-order chi connectivity index (χ1) is 21.2. The van der Waals surface area contributed by atoms with Gasteiger partial charge in [0.1, 0.15) is 16.6 Å². The summed E-state index contributed by atoms with van der Waals surface area (Å²) in [5.74, 6) is -0.0461. The highest BCUT2D eigenvalue weighted by Gasteiger charge is 2.51. The van der Waals surface area contributed by atoms with Gasteiger partial charge in [-0.15, -0.1) is 0 Å². The van der Waals surface area contributed by atoms with E-state index in [1.807, 2.05) is 0 Å². The average Bonchev–Trinajstić information content (AvgIpc) is 2.97. The lowest BCUT2D eigenvalue weighted by Gasteiger charge is -2.41. The number of carbonyl (C=O) groups excluding carboxylic acids is 1. The van der Waals surface area contributed by atoms with Gasteiger partial charge in [-0.05, 0) is 54.0 Å². The summed E-state index contributed by atoms with van der Waals surface area (Å²) in [6, 6.07) is 5.81. The summed E-state index contributed by atoms with van der Waals surface area (Å²) in [6.45, 7) is 4.36. The van der Waals surface area contributed by atoms with Crippen molar-refractivity contribution in [2.75, 3.05) is 0 Å². The van der Waals surface area contributed by atoms with E-state index in [0.717, 1.165) is 51.4 Å². The SMILES string of the molecule is CCCCCCCCCCCCC1=CC(NC(=O)[O-])C=C(CCCCCCCC)C1(Cc1ccccc1O)S(=O)(=O)N=[N+]=[N-]. The summed E-state index contributed by atoms with van der Waals surface area (Å²) < 4.78 is 29.8. The second-order valence-corrected chi connectivity index (χ2v) is 13.9. The van der Waals surface area contributed by atoms with Gasteiger partial charge >= 0.3 is 0 Å². The molecule has 1 aliphatic carbocycles. The fraction of sp³-hybridized carbons (Fsp3) is 0.676. The third kappa shape index (κ3) is 11.5. The van der Waals surface area contributed by atoms with Crippen LogP contribution >= 0.6 is 0 Å². The van der Waals surface area contributed by atoms with E-state index >= 15 is 0 Å². The molecule has 0 saturated heterocycles. The maximum absolute atomic E-state index is 14.1. The molecule has 10 heteroatoms. The van der Waals surface area contributed by atoms with Crippen LogP contribution in [0.2, 0.25) is 0 Å². The molecule has 2 rings (SSSR count). The molecule has 0 saturated carbocycles. The number of nitrogens with zero attached hydrogens (tertiary/aromatic N) is 3. The number of amides is 1. The van der Waals surface area contributed by atoms with Crippen molar-refractivity contribution in [2.45, 2.75) is 147 Å². The molecule has 246 valence electrons. The molecule has 0 bridgehead atoms. The molecule has 1 aliphatic rings. The Morgan fingerprint density at radius 1 is 0.864 bits per heavy atom. The molecule has 0 radical (unpaired) electrons. The Morgan fingerprint density at radius 2 is 1.32 bits per heavy atom. The normalized spacial score (nSPS) is 18.3. The van der Waals surface area contributed by atoms with E-state index in [4.69, 9.17) is 0 Å². The van der Waals surface area contributed by atoms with Gasteiger partial charge in [0.05, 0.1) is 6.04 Å². The number of carboxylic acid groups (broad SMARTS) is 1. The number of unbranched alkanes of at least 4 members (excludes halogenated alkanes) is 14. The standard InChI is InChI=1S/C34H54N4O5S/c1-3-5-7-9-11-12-13-14-16-18-23-30-26-31(36-33(40)41)25-29(22-17-15-10-8-6-4-2)34(30,44(42,43)38-37-35)27-28-21-19-20-24-32(28)39/h19-21,24-26,31,36,39H,3-18,22-23,27H2,1-2H3,(H,40,41)/p-1. The van der Waals surface area contributed by atoms with Crippen LogP contribution in [0, 0.1) is 0 Å². The van der Waals surface area contributed by atoms with Crippen LogP contribution in [0.1, 0.15) is 135 Å². The number of phenols is 1. The number of hydrogen-bond acceptors (Lipinski definition) is 5. The highest BCUT2D eigenvalue weighted by molar-refractivity contribution is 7.91. The minimum Gasteiger partial charge on any atom is -0.530 e. The monoisotopic (exact) mass is 629 g/mol. The van der Waals surface area contributed by atoms with E-state index in [1.165, 1.54) is 44.6 Å². The minimum absolute atomic E-state index is 0.0461. The summed E-state index contributed by atoms with van der Waals surface area (Å²) in [6.07, 6.45) is 19.6. The van der Waals surface area contributed by atoms with Crippen LogP contribution in [0.15, 0.2) is 52.1 Å². The summed E-state index contributed by atoms with van der Waals surface area (Å²) in [5.41, 5.74) is 10.8. The van der Waals surface area contributed by atoms with E-state index in [9.17, 15) is 29.0 Å². The van der Waals surface area contributed by atoms with Gasteiger partial charge in [0, 0.05) is 15.9 Å². The second kappa shape index (κ2) is 20.1. The predicted molar refractivity (Wildman–Crippen MR) is 176 cm³/mol. The largest absolute Gasteiger partial charge is 0.530 e. The third-order valence-electron chi connectivity index (χ3n) is 8.70. The Hall–Kier alpha value is -2.97. The number of hydrogen-bond donors (Lipinski definition) is 2. The molecular weight excluding hydrogens is 576 g/mol. The van der Waals surface area contributed by atoms with Gasteiger partial charge in [-0.3, -0.25) is 0 Å². The van der Waals surface area contributed by atoms with Gasteiger partial charge in [0.15, 0.2) is 0 Å². The van der Waals surface area contributed by atoms with Crippen LogP contribution in [0.4, 0.5) is 4.79 Å². The van der Waals surface area contributed by atoms with E-state index in [-0.39, 0.29) is 12.2 Å². The minimum atomic E-state index is -4.50. The number of carbonyl (C=O) groups is 1. The van der Waals surface area contributed by atoms with E-state index < -0.39 is 26.9 Å². The smallest absolute Gasteiger partial charge is 0.249 e. The molecule has 0 heterocycles. The Bertz CT molecular complexity index is 1240. The topological polar surface area (TPSA) is 155 Å². The Kier molecular flexibility index (Phi) is 17.0. The lowest BCUT2D eigenvalue weighted by atomic mass is 9.75. The van der Waals surface area contributed by atoms with Crippen molar-refractivity contribution in [1.82, 2.24) is 5.32 Å². The van der Waals surface area contributed by atoms with E-state index in [0.29, 0.717) is 42.4 Å². The Labute approximate surface area is 264 Å². The quantitative estimate of drug-likeness (QED) is 0.0408. The maximum atomic E-state index is 14.1. The molecule has 0 aliphatic heterocycles. The molecule has 44 heavy (non-hydrogen) atoms. The van der Waals surface area contributed by atoms with Crippen molar-refractivity contribution < 1.29 is 23.4 Å². The van der Waals surface area contributed by atoms with Crippen molar-refractivity contribution in [2.24, 2.45) is 4.52 Å². The molecule has 0 fully saturated rings. The molecule has 2 N–H and O–H groups in total.